The molecule has 78 valence electrons. The Hall–Kier alpha value is -1.87. The molecule has 0 saturated heterocycles. The number of aromatic hydroxyl groups is 1. The highest BCUT2D eigenvalue weighted by Crippen LogP contribution is 2.29. The summed E-state index contributed by atoms with van der Waals surface area (Å²) >= 11 is 1.62. The molecule has 1 N–H and O–H groups in total. The molecule has 0 fully saturated rings. The molecule has 3 aromatic rings. The quantitative estimate of drug-likeness (QED) is 0.688. The number of hydrogen-bond donors (Lipinski definition) is 1. The lowest BCUT2D eigenvalue weighted by atomic mass is 10.1. The molecule has 0 bridgehead atoms. The molecule has 0 aliphatic heterocycles. The minimum atomic E-state index is 0.284. The van der Waals surface area contributed by atoms with Crippen molar-refractivity contribution >= 4 is 22.2 Å². The molecule has 16 heavy (non-hydrogen) atoms. The number of fused-ring (bicyclic) bond motifs is 1. The van der Waals surface area contributed by atoms with Crippen molar-refractivity contribution in [3.63, 3.8) is 0 Å². The average molecular weight is 227 g/mol. The van der Waals surface area contributed by atoms with E-state index in [1.54, 1.807) is 17.4 Å². The van der Waals surface area contributed by atoms with Crippen LogP contribution in [0, 0.1) is 0 Å². The second-order valence-corrected chi connectivity index (χ2v) is 4.34. The molecule has 0 unspecified atom stereocenters. The first-order chi connectivity index (χ1) is 7.84. The van der Waals surface area contributed by atoms with Crippen molar-refractivity contribution in [3.8, 4) is 17.0 Å². The van der Waals surface area contributed by atoms with Crippen LogP contribution >= 0.6 is 11.3 Å². The van der Waals surface area contributed by atoms with Gasteiger partial charge in [0.1, 0.15) is 5.75 Å². The second kappa shape index (κ2) is 3.61. The molecule has 0 aliphatic carbocycles. The standard InChI is InChI=1S/C13H9NOS/c15-13-7-12(9-5-6-16-8-9)14-11-4-2-1-3-10(11)13/h1-8H,(H,14,15). The summed E-state index contributed by atoms with van der Waals surface area (Å²) in [6.45, 7) is 0. The van der Waals surface area contributed by atoms with E-state index in [0.29, 0.717) is 0 Å². The van der Waals surface area contributed by atoms with Crippen molar-refractivity contribution in [2.24, 2.45) is 0 Å². The van der Waals surface area contributed by atoms with Crippen LogP contribution in [0.4, 0.5) is 0 Å². The van der Waals surface area contributed by atoms with Gasteiger partial charge in [0.25, 0.3) is 0 Å². The molecule has 1 aromatic carbocycles. The Bertz CT molecular complexity index is 631. The summed E-state index contributed by atoms with van der Waals surface area (Å²) in [7, 11) is 0. The molecular weight excluding hydrogens is 218 g/mol. The SMILES string of the molecule is Oc1cc(-c2ccsc2)nc2ccccc12. The molecule has 3 heteroatoms. The first kappa shape index (κ1) is 9.36. The van der Waals surface area contributed by atoms with Gasteiger partial charge in [0.05, 0.1) is 11.2 Å². The smallest absolute Gasteiger partial charge is 0.127 e. The molecule has 0 atom stereocenters. The number of rotatable bonds is 1. The maximum Gasteiger partial charge on any atom is 0.127 e. The summed E-state index contributed by atoms with van der Waals surface area (Å²) in [5.74, 6) is 0.284. The summed E-state index contributed by atoms with van der Waals surface area (Å²) in [6, 6.07) is 11.3. The molecule has 2 heterocycles. The number of pyridine rings is 1. The fourth-order valence-corrected chi connectivity index (χ4v) is 2.36. The molecule has 2 nitrogen and oxygen atoms in total. The number of hydrogen-bond acceptors (Lipinski definition) is 3. The fourth-order valence-electron chi connectivity index (χ4n) is 1.72. The molecule has 0 aliphatic rings. The summed E-state index contributed by atoms with van der Waals surface area (Å²) in [5, 5.41) is 14.7. The maximum atomic E-state index is 9.91. The molecule has 3 rings (SSSR count). The van der Waals surface area contributed by atoms with Gasteiger partial charge in [0.15, 0.2) is 0 Å². The molecule has 0 saturated carbocycles. The van der Waals surface area contributed by atoms with Gasteiger partial charge in [-0.15, -0.1) is 0 Å². The van der Waals surface area contributed by atoms with E-state index in [2.05, 4.69) is 4.98 Å². The third kappa shape index (κ3) is 1.46. The van der Waals surface area contributed by atoms with Crippen molar-refractivity contribution in [1.29, 1.82) is 0 Å². The normalized spacial score (nSPS) is 10.8. The predicted molar refractivity (Wildman–Crippen MR) is 66.7 cm³/mol. The van der Waals surface area contributed by atoms with Crippen molar-refractivity contribution in [3.05, 3.63) is 47.2 Å². The average Bonchev–Trinajstić information content (AvgIpc) is 2.82. The number of para-hydroxylation sites is 1. The van der Waals surface area contributed by atoms with Crippen LogP contribution in [-0.4, -0.2) is 10.1 Å². The Morgan fingerprint density at radius 3 is 2.81 bits per heavy atom. The molecule has 0 amide bonds. The third-order valence-corrected chi connectivity index (χ3v) is 3.19. The Labute approximate surface area is 96.8 Å². The molecular formula is C13H9NOS. The summed E-state index contributed by atoms with van der Waals surface area (Å²) in [4.78, 5) is 4.53. The van der Waals surface area contributed by atoms with E-state index in [-0.39, 0.29) is 5.75 Å². The third-order valence-electron chi connectivity index (χ3n) is 2.51. The van der Waals surface area contributed by atoms with E-state index < -0.39 is 0 Å². The van der Waals surface area contributed by atoms with Crippen molar-refractivity contribution in [2.45, 2.75) is 0 Å². The zero-order valence-electron chi connectivity index (χ0n) is 8.42. The van der Waals surface area contributed by atoms with Gasteiger partial charge in [0, 0.05) is 22.4 Å². The Balaban J connectivity index is 2.29. The monoisotopic (exact) mass is 227 g/mol. The highest BCUT2D eigenvalue weighted by Gasteiger charge is 2.05. The van der Waals surface area contributed by atoms with Crippen LogP contribution in [-0.2, 0) is 0 Å². The lowest BCUT2D eigenvalue weighted by Crippen LogP contribution is -1.84. The van der Waals surface area contributed by atoms with Crippen LogP contribution in [0.3, 0.4) is 0 Å². The Morgan fingerprint density at radius 2 is 2.00 bits per heavy atom. The van der Waals surface area contributed by atoms with Gasteiger partial charge in [-0.05, 0) is 23.6 Å². The van der Waals surface area contributed by atoms with Gasteiger partial charge >= 0.3 is 0 Å². The van der Waals surface area contributed by atoms with Crippen LogP contribution < -0.4 is 0 Å². The Morgan fingerprint density at radius 1 is 1.12 bits per heavy atom. The lowest BCUT2D eigenvalue weighted by Gasteiger charge is -2.03. The zero-order valence-corrected chi connectivity index (χ0v) is 9.24. The Kier molecular flexibility index (Phi) is 2.11. The first-order valence-corrected chi connectivity index (χ1v) is 5.90. The van der Waals surface area contributed by atoms with E-state index in [1.807, 2.05) is 41.1 Å². The summed E-state index contributed by atoms with van der Waals surface area (Å²) in [6.07, 6.45) is 0. The predicted octanol–water partition coefficient (Wildman–Crippen LogP) is 3.67. The van der Waals surface area contributed by atoms with E-state index in [0.717, 1.165) is 22.2 Å². The number of benzene rings is 1. The number of thiophene rings is 1. The number of aromatic nitrogens is 1. The topological polar surface area (TPSA) is 33.1 Å². The largest absolute Gasteiger partial charge is 0.507 e. The van der Waals surface area contributed by atoms with Crippen molar-refractivity contribution in [1.82, 2.24) is 4.98 Å². The zero-order chi connectivity index (χ0) is 11.0. The van der Waals surface area contributed by atoms with Gasteiger partial charge in [-0.3, -0.25) is 0 Å². The van der Waals surface area contributed by atoms with Crippen LogP contribution in [0.15, 0.2) is 47.2 Å². The summed E-state index contributed by atoms with van der Waals surface area (Å²) < 4.78 is 0. The van der Waals surface area contributed by atoms with Crippen LogP contribution in [0.1, 0.15) is 0 Å². The van der Waals surface area contributed by atoms with Crippen molar-refractivity contribution in [2.75, 3.05) is 0 Å². The summed E-state index contributed by atoms with van der Waals surface area (Å²) in [5.41, 5.74) is 2.69. The fraction of sp³-hybridized carbons (Fsp3) is 0. The first-order valence-electron chi connectivity index (χ1n) is 4.96. The highest BCUT2D eigenvalue weighted by atomic mass is 32.1. The van der Waals surface area contributed by atoms with E-state index in [4.69, 9.17) is 0 Å². The minimum Gasteiger partial charge on any atom is -0.507 e. The van der Waals surface area contributed by atoms with Gasteiger partial charge < -0.3 is 5.11 Å². The van der Waals surface area contributed by atoms with E-state index in [1.165, 1.54) is 0 Å². The lowest BCUT2D eigenvalue weighted by molar-refractivity contribution is 0.481. The van der Waals surface area contributed by atoms with Crippen LogP contribution in [0.25, 0.3) is 22.2 Å². The van der Waals surface area contributed by atoms with Crippen LogP contribution in [0.2, 0.25) is 0 Å². The van der Waals surface area contributed by atoms with Gasteiger partial charge in [0.2, 0.25) is 0 Å². The van der Waals surface area contributed by atoms with Gasteiger partial charge in [-0.1, -0.05) is 12.1 Å². The van der Waals surface area contributed by atoms with Gasteiger partial charge in [-0.2, -0.15) is 11.3 Å². The maximum absolute atomic E-state index is 9.91. The van der Waals surface area contributed by atoms with Crippen LogP contribution in [0.5, 0.6) is 5.75 Å². The molecule has 2 aromatic heterocycles. The van der Waals surface area contributed by atoms with Crippen molar-refractivity contribution < 1.29 is 5.11 Å². The van der Waals surface area contributed by atoms with E-state index in [9.17, 15) is 5.11 Å². The number of nitrogens with zero attached hydrogens (tertiary/aromatic N) is 1. The van der Waals surface area contributed by atoms with Gasteiger partial charge in [-0.25, -0.2) is 4.98 Å². The molecule has 0 radical (unpaired) electrons. The highest BCUT2D eigenvalue weighted by molar-refractivity contribution is 7.08. The molecule has 0 spiro atoms. The van der Waals surface area contributed by atoms with E-state index >= 15 is 0 Å². The second-order valence-electron chi connectivity index (χ2n) is 3.56. The minimum absolute atomic E-state index is 0.284.